The number of primary amides is 1. The van der Waals surface area contributed by atoms with Gasteiger partial charge in [0.15, 0.2) is 0 Å². The molecule has 18 heavy (non-hydrogen) atoms. The van der Waals surface area contributed by atoms with Crippen molar-refractivity contribution in [3.8, 4) is 0 Å². The molecule has 0 aliphatic carbocycles. The summed E-state index contributed by atoms with van der Waals surface area (Å²) in [5.74, 6) is -0.873. The fourth-order valence-corrected chi connectivity index (χ4v) is 2.66. The van der Waals surface area contributed by atoms with Crippen molar-refractivity contribution in [1.29, 1.82) is 0 Å². The highest BCUT2D eigenvalue weighted by molar-refractivity contribution is 7.80. The molecule has 6 heteroatoms. The monoisotopic (exact) mass is 271 g/mol. The van der Waals surface area contributed by atoms with E-state index in [1.807, 2.05) is 13.8 Å². The molecular formula is C12H21N3O2S. The molecular weight excluding hydrogens is 250 g/mol. The van der Waals surface area contributed by atoms with E-state index in [1.54, 1.807) is 11.8 Å². The van der Waals surface area contributed by atoms with Gasteiger partial charge in [0.05, 0.1) is 16.3 Å². The van der Waals surface area contributed by atoms with Gasteiger partial charge in [-0.1, -0.05) is 26.1 Å². The van der Waals surface area contributed by atoms with Gasteiger partial charge in [0.2, 0.25) is 11.8 Å². The summed E-state index contributed by atoms with van der Waals surface area (Å²) in [6.07, 6.45) is 0.593. The zero-order valence-electron chi connectivity index (χ0n) is 11.1. The average Bonchev–Trinajstić information content (AvgIpc) is 2.61. The Labute approximate surface area is 113 Å². The Kier molecular flexibility index (Phi) is 4.32. The number of amides is 2. The lowest BCUT2D eigenvalue weighted by atomic mass is 9.89. The molecule has 4 N–H and O–H groups in total. The quantitative estimate of drug-likeness (QED) is 0.718. The highest BCUT2D eigenvalue weighted by atomic mass is 32.1. The van der Waals surface area contributed by atoms with Gasteiger partial charge in [-0.25, -0.2) is 0 Å². The SMILES string of the molecule is CC(C)C(C(=O)N1CCC(C)(C(N)=O)C1)C(N)=S. The summed E-state index contributed by atoms with van der Waals surface area (Å²) in [7, 11) is 0. The standard InChI is InChI=1S/C12H21N3O2S/c1-7(2)8(9(13)18)10(16)15-5-4-12(3,6-15)11(14)17/h7-8H,4-6H2,1-3H3,(H2,13,18)(H2,14,17). The largest absolute Gasteiger partial charge is 0.393 e. The molecule has 2 amide bonds. The topological polar surface area (TPSA) is 89.4 Å². The van der Waals surface area contributed by atoms with E-state index in [1.165, 1.54) is 0 Å². The second-order valence-corrected chi connectivity index (χ2v) is 6.03. The molecule has 1 aliphatic rings. The summed E-state index contributed by atoms with van der Waals surface area (Å²) in [6, 6.07) is 0. The third-order valence-corrected chi connectivity index (χ3v) is 3.87. The number of rotatable bonds is 4. The molecule has 0 aromatic heterocycles. The summed E-state index contributed by atoms with van der Waals surface area (Å²) in [6.45, 7) is 6.49. The highest BCUT2D eigenvalue weighted by Crippen LogP contribution is 2.31. The first-order valence-corrected chi connectivity index (χ1v) is 6.48. The van der Waals surface area contributed by atoms with Crippen molar-refractivity contribution in [2.24, 2.45) is 28.7 Å². The van der Waals surface area contributed by atoms with Crippen LogP contribution in [-0.4, -0.2) is 34.8 Å². The van der Waals surface area contributed by atoms with Crippen LogP contribution < -0.4 is 11.5 Å². The van der Waals surface area contributed by atoms with Crippen LogP contribution in [0.4, 0.5) is 0 Å². The van der Waals surface area contributed by atoms with Gasteiger partial charge in [0.25, 0.3) is 0 Å². The van der Waals surface area contributed by atoms with E-state index in [2.05, 4.69) is 0 Å². The van der Waals surface area contributed by atoms with Gasteiger partial charge in [-0.15, -0.1) is 0 Å². The minimum atomic E-state index is -0.632. The molecule has 1 heterocycles. The fraction of sp³-hybridized carbons (Fsp3) is 0.750. The van der Waals surface area contributed by atoms with Gasteiger partial charge in [-0.3, -0.25) is 9.59 Å². The second-order valence-electron chi connectivity index (χ2n) is 5.56. The molecule has 1 aliphatic heterocycles. The predicted octanol–water partition coefficient (Wildman–Crippen LogP) is 0.269. The predicted molar refractivity (Wildman–Crippen MR) is 73.6 cm³/mol. The van der Waals surface area contributed by atoms with Crippen molar-refractivity contribution >= 4 is 29.0 Å². The van der Waals surface area contributed by atoms with Crippen LogP contribution in [0.5, 0.6) is 0 Å². The molecule has 0 aromatic rings. The molecule has 102 valence electrons. The summed E-state index contributed by atoms with van der Waals surface area (Å²) in [4.78, 5) is 25.6. The zero-order chi connectivity index (χ0) is 14.1. The molecule has 2 atom stereocenters. The van der Waals surface area contributed by atoms with Crippen LogP contribution >= 0.6 is 12.2 Å². The maximum atomic E-state index is 12.3. The van der Waals surface area contributed by atoms with E-state index < -0.39 is 11.3 Å². The summed E-state index contributed by atoms with van der Waals surface area (Å²) in [5, 5.41) is 0. The van der Waals surface area contributed by atoms with Crippen molar-refractivity contribution < 1.29 is 9.59 Å². The molecule has 1 fully saturated rings. The molecule has 0 radical (unpaired) electrons. The van der Waals surface area contributed by atoms with Gasteiger partial charge in [0, 0.05) is 13.1 Å². The number of hydrogen-bond donors (Lipinski definition) is 2. The van der Waals surface area contributed by atoms with E-state index in [4.69, 9.17) is 23.7 Å². The minimum Gasteiger partial charge on any atom is -0.393 e. The first-order valence-electron chi connectivity index (χ1n) is 6.07. The Hall–Kier alpha value is -1.17. The highest BCUT2D eigenvalue weighted by Gasteiger charge is 2.42. The summed E-state index contributed by atoms with van der Waals surface area (Å²) < 4.78 is 0. The third kappa shape index (κ3) is 2.80. The fourth-order valence-electron chi connectivity index (χ4n) is 2.28. The van der Waals surface area contributed by atoms with Crippen molar-refractivity contribution in [1.82, 2.24) is 4.90 Å². The smallest absolute Gasteiger partial charge is 0.232 e. The van der Waals surface area contributed by atoms with E-state index in [0.29, 0.717) is 19.5 Å². The van der Waals surface area contributed by atoms with E-state index >= 15 is 0 Å². The number of nitrogens with two attached hydrogens (primary N) is 2. The van der Waals surface area contributed by atoms with Crippen LogP contribution in [0.25, 0.3) is 0 Å². The van der Waals surface area contributed by atoms with Crippen LogP contribution in [0.1, 0.15) is 27.2 Å². The lowest BCUT2D eigenvalue weighted by Crippen LogP contribution is -2.44. The first-order chi connectivity index (χ1) is 8.19. The van der Waals surface area contributed by atoms with Crippen molar-refractivity contribution in [2.75, 3.05) is 13.1 Å². The molecule has 0 aromatic carbocycles. The Morgan fingerprint density at radius 3 is 2.22 bits per heavy atom. The first kappa shape index (κ1) is 14.9. The van der Waals surface area contributed by atoms with E-state index in [-0.39, 0.29) is 22.7 Å². The van der Waals surface area contributed by atoms with Gasteiger partial charge >= 0.3 is 0 Å². The van der Waals surface area contributed by atoms with E-state index in [0.717, 1.165) is 0 Å². The molecule has 0 saturated carbocycles. The maximum Gasteiger partial charge on any atom is 0.232 e. The third-order valence-electron chi connectivity index (χ3n) is 3.62. The van der Waals surface area contributed by atoms with Crippen molar-refractivity contribution in [3.63, 3.8) is 0 Å². The van der Waals surface area contributed by atoms with Crippen molar-refractivity contribution in [2.45, 2.75) is 27.2 Å². The number of thiocarbonyl (C=S) groups is 1. The Balaban J connectivity index is 2.81. The van der Waals surface area contributed by atoms with Gasteiger partial charge in [-0.2, -0.15) is 0 Å². The Morgan fingerprint density at radius 1 is 1.33 bits per heavy atom. The van der Waals surface area contributed by atoms with Gasteiger partial charge < -0.3 is 16.4 Å². The summed E-state index contributed by atoms with van der Waals surface area (Å²) in [5.41, 5.74) is 10.4. The number of carbonyl (C=O) groups excluding carboxylic acids is 2. The maximum absolute atomic E-state index is 12.3. The lowest BCUT2D eigenvalue weighted by molar-refractivity contribution is -0.134. The van der Waals surface area contributed by atoms with Gasteiger partial charge in [0.1, 0.15) is 0 Å². The zero-order valence-corrected chi connectivity index (χ0v) is 11.9. The number of hydrogen-bond acceptors (Lipinski definition) is 3. The van der Waals surface area contributed by atoms with Crippen LogP contribution in [0.2, 0.25) is 0 Å². The molecule has 5 nitrogen and oxygen atoms in total. The number of carbonyl (C=O) groups is 2. The summed E-state index contributed by atoms with van der Waals surface area (Å²) >= 11 is 4.95. The van der Waals surface area contributed by atoms with Crippen LogP contribution in [0, 0.1) is 17.3 Å². The van der Waals surface area contributed by atoms with Crippen LogP contribution in [0.15, 0.2) is 0 Å². The average molecular weight is 271 g/mol. The van der Waals surface area contributed by atoms with Crippen LogP contribution in [-0.2, 0) is 9.59 Å². The van der Waals surface area contributed by atoms with Crippen LogP contribution in [0.3, 0.4) is 0 Å². The van der Waals surface area contributed by atoms with Gasteiger partial charge in [-0.05, 0) is 19.3 Å². The number of nitrogens with zero attached hydrogens (tertiary/aromatic N) is 1. The minimum absolute atomic E-state index is 0.0513. The molecule has 0 spiro atoms. The lowest BCUT2D eigenvalue weighted by Gasteiger charge is -2.26. The second kappa shape index (κ2) is 5.22. The van der Waals surface area contributed by atoms with Crippen molar-refractivity contribution in [3.05, 3.63) is 0 Å². The Bertz CT molecular complexity index is 384. The molecule has 0 bridgehead atoms. The molecule has 2 unspecified atom stereocenters. The van der Waals surface area contributed by atoms with E-state index in [9.17, 15) is 9.59 Å². The normalized spacial score (nSPS) is 25.2. The Morgan fingerprint density at radius 2 is 1.89 bits per heavy atom. The molecule has 1 saturated heterocycles. The number of likely N-dealkylation sites (tertiary alicyclic amines) is 1. The molecule has 1 rings (SSSR count).